The van der Waals surface area contributed by atoms with E-state index in [-0.39, 0.29) is 11.5 Å². The number of benzene rings is 2. The highest BCUT2D eigenvalue weighted by Crippen LogP contribution is 2.36. The number of hydrogen-bond acceptors (Lipinski definition) is 4. The molecule has 0 radical (unpaired) electrons. The van der Waals surface area contributed by atoms with Crippen molar-refractivity contribution in [1.82, 2.24) is 0 Å². The minimum absolute atomic E-state index is 0.0809. The maximum atomic E-state index is 11.9. The molecular weight excluding hydrogens is 400 g/mol. The molecule has 2 rings (SSSR count). The number of hydrogen-bond donors (Lipinski definition) is 2. The molecule has 0 unspecified atom stereocenters. The first-order valence-electron chi connectivity index (χ1n) is 11.0. The second kappa shape index (κ2) is 12.6. The minimum Gasteiger partial charge on any atom is -0.508 e. The Kier molecular flexibility index (Phi) is 10.2. The number of unbranched alkanes of at least 4 members (excludes halogenated alkanes) is 9. The third-order valence-electron chi connectivity index (χ3n) is 5.16. The molecule has 0 bridgehead atoms. The second-order valence-electron chi connectivity index (χ2n) is 7.75. The van der Waals surface area contributed by atoms with Crippen molar-refractivity contribution in [3.05, 3.63) is 48.0 Å². The maximum Gasteiger partial charge on any atom is 0.298 e. The van der Waals surface area contributed by atoms with Crippen LogP contribution in [0.2, 0.25) is 0 Å². The molecule has 0 saturated heterocycles. The van der Waals surface area contributed by atoms with Crippen LogP contribution in [-0.2, 0) is 16.5 Å². The van der Waals surface area contributed by atoms with Gasteiger partial charge in [0.15, 0.2) is 5.75 Å². The molecule has 0 heterocycles. The van der Waals surface area contributed by atoms with Gasteiger partial charge >= 0.3 is 0 Å². The van der Waals surface area contributed by atoms with E-state index in [4.69, 9.17) is 4.74 Å². The van der Waals surface area contributed by atoms with Crippen LogP contribution in [0.3, 0.4) is 0 Å². The zero-order valence-electron chi connectivity index (χ0n) is 17.8. The van der Waals surface area contributed by atoms with Gasteiger partial charge in [-0.15, -0.1) is 0 Å². The third-order valence-corrected chi connectivity index (χ3v) is 6.02. The van der Waals surface area contributed by atoms with Gasteiger partial charge in [-0.2, -0.15) is 8.42 Å². The highest BCUT2D eigenvalue weighted by atomic mass is 32.2. The molecule has 2 aromatic carbocycles. The monoisotopic (exact) mass is 434 g/mol. The summed E-state index contributed by atoms with van der Waals surface area (Å²) in [6.07, 6.45) is 12.6. The van der Waals surface area contributed by atoms with Crippen LogP contribution in [0.25, 0.3) is 0 Å². The van der Waals surface area contributed by atoms with Crippen LogP contribution < -0.4 is 4.74 Å². The van der Waals surface area contributed by atoms with E-state index in [9.17, 15) is 18.1 Å². The van der Waals surface area contributed by atoms with Crippen molar-refractivity contribution in [3.8, 4) is 17.2 Å². The molecule has 0 aliphatic carbocycles. The van der Waals surface area contributed by atoms with Gasteiger partial charge in [-0.3, -0.25) is 4.55 Å². The Labute approximate surface area is 180 Å². The molecular formula is C24H34O5S. The van der Waals surface area contributed by atoms with Gasteiger partial charge in [0.05, 0.1) is 0 Å². The molecule has 0 spiro atoms. The molecule has 166 valence electrons. The topological polar surface area (TPSA) is 83.8 Å². The van der Waals surface area contributed by atoms with Gasteiger partial charge in [-0.25, -0.2) is 0 Å². The summed E-state index contributed by atoms with van der Waals surface area (Å²) >= 11 is 0. The van der Waals surface area contributed by atoms with E-state index in [0.29, 0.717) is 17.7 Å². The van der Waals surface area contributed by atoms with E-state index < -0.39 is 15.0 Å². The number of phenols is 1. The van der Waals surface area contributed by atoms with Crippen LogP contribution in [-0.4, -0.2) is 18.1 Å². The predicted molar refractivity (Wildman–Crippen MR) is 120 cm³/mol. The summed E-state index contributed by atoms with van der Waals surface area (Å²) in [4.78, 5) is -0.409. The lowest BCUT2D eigenvalue weighted by Gasteiger charge is -2.15. The Hall–Kier alpha value is -2.05. The van der Waals surface area contributed by atoms with Gasteiger partial charge in [0.1, 0.15) is 16.4 Å². The Balaban J connectivity index is 1.97. The first kappa shape index (κ1) is 24.2. The largest absolute Gasteiger partial charge is 0.508 e. The second-order valence-corrected chi connectivity index (χ2v) is 9.14. The summed E-state index contributed by atoms with van der Waals surface area (Å²) in [6.45, 7) is 2.22. The lowest BCUT2D eigenvalue weighted by atomic mass is 10.0. The summed E-state index contributed by atoms with van der Waals surface area (Å²) in [7, 11) is -4.54. The molecule has 0 amide bonds. The lowest BCUT2D eigenvalue weighted by molar-refractivity contribution is 0.433. The number of ether oxygens (including phenoxy) is 1. The maximum absolute atomic E-state index is 11.9. The van der Waals surface area contributed by atoms with E-state index in [1.54, 1.807) is 24.3 Å². The van der Waals surface area contributed by atoms with E-state index in [0.717, 1.165) is 25.3 Å². The smallest absolute Gasteiger partial charge is 0.298 e. The minimum atomic E-state index is -4.54. The van der Waals surface area contributed by atoms with Gasteiger partial charge in [0.25, 0.3) is 10.1 Å². The Morgan fingerprint density at radius 3 is 1.97 bits per heavy atom. The predicted octanol–water partition coefficient (Wildman–Crippen LogP) is 6.89. The molecule has 30 heavy (non-hydrogen) atoms. The molecule has 0 aromatic heterocycles. The van der Waals surface area contributed by atoms with Crippen LogP contribution in [0, 0.1) is 0 Å². The van der Waals surface area contributed by atoms with Crippen molar-refractivity contribution in [2.24, 2.45) is 0 Å². The van der Waals surface area contributed by atoms with Crippen LogP contribution in [0.1, 0.15) is 76.7 Å². The van der Waals surface area contributed by atoms with Crippen LogP contribution in [0.5, 0.6) is 17.2 Å². The van der Waals surface area contributed by atoms with Crippen molar-refractivity contribution in [1.29, 1.82) is 0 Å². The number of aromatic hydroxyl groups is 1. The third kappa shape index (κ3) is 8.36. The van der Waals surface area contributed by atoms with E-state index >= 15 is 0 Å². The Morgan fingerprint density at radius 1 is 0.833 bits per heavy atom. The highest BCUT2D eigenvalue weighted by molar-refractivity contribution is 7.86. The fraction of sp³-hybridized carbons (Fsp3) is 0.500. The summed E-state index contributed by atoms with van der Waals surface area (Å²) in [5.74, 6) is 0.347. The van der Waals surface area contributed by atoms with E-state index in [1.807, 2.05) is 6.07 Å². The first-order chi connectivity index (χ1) is 14.4. The van der Waals surface area contributed by atoms with Gasteiger partial charge in [-0.05, 0) is 36.6 Å². The number of phenolic OH excluding ortho intramolecular Hbond substituents is 1. The summed E-state index contributed by atoms with van der Waals surface area (Å²) in [5, 5.41) is 9.98. The van der Waals surface area contributed by atoms with Gasteiger partial charge in [-0.1, -0.05) is 82.9 Å². The van der Waals surface area contributed by atoms with E-state index in [1.165, 1.54) is 51.0 Å². The Bertz CT molecular complexity index is 863. The fourth-order valence-corrected chi connectivity index (χ4v) is 4.22. The zero-order chi connectivity index (χ0) is 21.8. The van der Waals surface area contributed by atoms with Gasteiger partial charge in [0.2, 0.25) is 0 Å². The van der Waals surface area contributed by atoms with Gasteiger partial charge < -0.3 is 9.84 Å². The van der Waals surface area contributed by atoms with E-state index in [2.05, 4.69) is 6.92 Å². The van der Waals surface area contributed by atoms with Crippen molar-refractivity contribution in [2.75, 3.05) is 0 Å². The summed E-state index contributed by atoms with van der Waals surface area (Å²) in [6, 6.07) is 11.4. The molecule has 0 aliphatic heterocycles. The summed E-state index contributed by atoms with van der Waals surface area (Å²) in [5.41, 5.74) is 0.575. The lowest BCUT2D eigenvalue weighted by Crippen LogP contribution is -2.04. The SMILES string of the molecule is CCCCCCCCCCCCc1cc(O)cc(S(=O)(=O)O)c1Oc1ccccc1. The van der Waals surface area contributed by atoms with Crippen LogP contribution in [0.4, 0.5) is 0 Å². The normalized spacial score (nSPS) is 11.5. The van der Waals surface area contributed by atoms with Crippen LogP contribution >= 0.6 is 0 Å². The van der Waals surface area contributed by atoms with Crippen molar-refractivity contribution >= 4 is 10.1 Å². The standard InChI is InChI=1S/C24H34O5S/c1-2-3-4-5-6-7-8-9-10-12-15-20-18-21(25)19-23(30(26,27)28)24(20)29-22-16-13-11-14-17-22/h11,13-14,16-19,25H,2-10,12,15H2,1H3,(H,26,27,28). The quantitative estimate of drug-likeness (QED) is 0.250. The molecule has 0 aliphatic rings. The number of aryl methyl sites for hydroxylation is 1. The molecule has 0 atom stereocenters. The number of para-hydroxylation sites is 1. The molecule has 0 fully saturated rings. The molecule has 6 heteroatoms. The van der Waals surface area contributed by atoms with Crippen molar-refractivity contribution < 1.29 is 22.8 Å². The number of rotatable bonds is 14. The average Bonchev–Trinajstić information content (AvgIpc) is 2.71. The average molecular weight is 435 g/mol. The van der Waals surface area contributed by atoms with Gasteiger partial charge in [0, 0.05) is 6.07 Å². The summed E-state index contributed by atoms with van der Waals surface area (Å²) < 4.78 is 39.1. The molecule has 5 nitrogen and oxygen atoms in total. The Morgan fingerprint density at radius 2 is 1.40 bits per heavy atom. The first-order valence-corrected chi connectivity index (χ1v) is 12.4. The fourth-order valence-electron chi connectivity index (χ4n) is 3.55. The van der Waals surface area contributed by atoms with Crippen LogP contribution in [0.15, 0.2) is 47.4 Å². The molecule has 2 aromatic rings. The highest BCUT2D eigenvalue weighted by Gasteiger charge is 2.22. The van der Waals surface area contributed by atoms with Crippen molar-refractivity contribution in [2.45, 2.75) is 82.4 Å². The molecule has 0 saturated carbocycles. The molecule has 2 N–H and O–H groups in total. The zero-order valence-corrected chi connectivity index (χ0v) is 18.7. The van der Waals surface area contributed by atoms with Crippen molar-refractivity contribution in [3.63, 3.8) is 0 Å².